The van der Waals surface area contributed by atoms with Crippen LogP contribution in [-0.4, -0.2) is 49.8 Å². The highest BCUT2D eigenvalue weighted by Gasteiger charge is 2.36. The number of carbonyl (C=O) groups excluding carboxylic acids is 3. The zero-order valence-electron chi connectivity index (χ0n) is 17.3. The average Bonchev–Trinajstić information content (AvgIpc) is 3.05. The molecular formula is C22H22N2O6S. The molecule has 0 saturated carbocycles. The second-order valence-electron chi connectivity index (χ2n) is 6.48. The van der Waals surface area contributed by atoms with Crippen molar-refractivity contribution in [1.82, 2.24) is 10.2 Å². The van der Waals surface area contributed by atoms with Crippen molar-refractivity contribution in [3.05, 3.63) is 58.5 Å². The predicted octanol–water partition coefficient (Wildman–Crippen LogP) is 3.07. The Morgan fingerprint density at radius 2 is 1.77 bits per heavy atom. The Morgan fingerprint density at radius 1 is 1.03 bits per heavy atom. The highest BCUT2D eigenvalue weighted by Crippen LogP contribution is 2.37. The first kappa shape index (κ1) is 22.2. The number of ether oxygens (including phenoxy) is 3. The van der Waals surface area contributed by atoms with Gasteiger partial charge in [0.15, 0.2) is 11.5 Å². The molecule has 0 radical (unpaired) electrons. The molecule has 0 aromatic heterocycles. The molecule has 2 aromatic rings. The SMILES string of the molecule is COc1ccc(CNC(=O)CN2C(=O)S/C(=C\c3cccc(OC)c3OC)C2=O)cc1. The second kappa shape index (κ2) is 10.0. The Labute approximate surface area is 184 Å². The van der Waals surface area contributed by atoms with Gasteiger partial charge in [-0.25, -0.2) is 0 Å². The third kappa shape index (κ3) is 5.18. The van der Waals surface area contributed by atoms with E-state index < -0.39 is 17.1 Å². The summed E-state index contributed by atoms with van der Waals surface area (Å²) in [5, 5.41) is 2.21. The third-order valence-electron chi connectivity index (χ3n) is 4.54. The Balaban J connectivity index is 1.66. The van der Waals surface area contributed by atoms with Gasteiger partial charge in [0.25, 0.3) is 11.1 Å². The number of hydrogen-bond acceptors (Lipinski definition) is 7. The van der Waals surface area contributed by atoms with Gasteiger partial charge >= 0.3 is 0 Å². The van der Waals surface area contributed by atoms with E-state index in [0.29, 0.717) is 22.8 Å². The van der Waals surface area contributed by atoms with Crippen molar-refractivity contribution in [1.29, 1.82) is 0 Å². The van der Waals surface area contributed by atoms with Crippen molar-refractivity contribution in [2.24, 2.45) is 0 Å². The van der Waals surface area contributed by atoms with E-state index in [1.165, 1.54) is 14.2 Å². The molecule has 1 fully saturated rings. The molecule has 1 N–H and O–H groups in total. The third-order valence-corrected chi connectivity index (χ3v) is 5.45. The van der Waals surface area contributed by atoms with E-state index in [9.17, 15) is 14.4 Å². The zero-order valence-corrected chi connectivity index (χ0v) is 18.2. The van der Waals surface area contributed by atoms with Crippen LogP contribution in [-0.2, 0) is 16.1 Å². The molecule has 3 rings (SSSR count). The molecule has 1 aliphatic heterocycles. The Hall–Kier alpha value is -3.46. The molecule has 31 heavy (non-hydrogen) atoms. The Bertz CT molecular complexity index is 1020. The quantitative estimate of drug-likeness (QED) is 0.628. The van der Waals surface area contributed by atoms with Gasteiger partial charge in [0, 0.05) is 12.1 Å². The molecule has 9 heteroatoms. The molecule has 162 valence electrons. The van der Waals surface area contributed by atoms with Crippen molar-refractivity contribution < 1.29 is 28.6 Å². The smallest absolute Gasteiger partial charge is 0.294 e. The standard InChI is InChI=1S/C22H22N2O6S/c1-28-16-9-7-14(8-10-16)12-23-19(25)13-24-21(26)18(31-22(24)27)11-15-5-4-6-17(29-2)20(15)30-3/h4-11H,12-13H2,1-3H3,(H,23,25)/b18-11-. The summed E-state index contributed by atoms with van der Waals surface area (Å²) >= 11 is 0.778. The lowest BCUT2D eigenvalue weighted by Crippen LogP contribution is -2.39. The lowest BCUT2D eigenvalue weighted by atomic mass is 10.1. The number of benzene rings is 2. The summed E-state index contributed by atoms with van der Waals surface area (Å²) in [7, 11) is 4.58. The van der Waals surface area contributed by atoms with E-state index in [-0.39, 0.29) is 18.0 Å². The zero-order chi connectivity index (χ0) is 22.4. The van der Waals surface area contributed by atoms with Crippen LogP contribution in [0.5, 0.6) is 17.2 Å². The normalized spacial score (nSPS) is 14.7. The molecule has 0 aliphatic carbocycles. The van der Waals surface area contributed by atoms with E-state index in [2.05, 4.69) is 5.32 Å². The van der Waals surface area contributed by atoms with Crippen LogP contribution in [0.3, 0.4) is 0 Å². The maximum absolute atomic E-state index is 12.7. The van der Waals surface area contributed by atoms with Crippen molar-refractivity contribution in [3.8, 4) is 17.2 Å². The van der Waals surface area contributed by atoms with Crippen LogP contribution in [0.25, 0.3) is 6.08 Å². The first-order chi connectivity index (χ1) is 15.0. The van der Waals surface area contributed by atoms with Crippen LogP contribution in [0.15, 0.2) is 47.4 Å². The van der Waals surface area contributed by atoms with Gasteiger partial charge in [-0.1, -0.05) is 24.3 Å². The fraction of sp³-hybridized carbons (Fsp3) is 0.227. The van der Waals surface area contributed by atoms with Gasteiger partial charge in [0.05, 0.1) is 26.2 Å². The molecule has 2 aromatic carbocycles. The number of nitrogens with one attached hydrogen (secondary N) is 1. The molecule has 1 heterocycles. The number of para-hydroxylation sites is 1. The minimum Gasteiger partial charge on any atom is -0.497 e. The van der Waals surface area contributed by atoms with Gasteiger partial charge in [-0.3, -0.25) is 19.3 Å². The highest BCUT2D eigenvalue weighted by molar-refractivity contribution is 8.18. The summed E-state index contributed by atoms with van der Waals surface area (Å²) < 4.78 is 15.7. The second-order valence-corrected chi connectivity index (χ2v) is 7.47. The summed E-state index contributed by atoms with van der Waals surface area (Å²) in [6.45, 7) is -0.0801. The minimum atomic E-state index is -0.528. The van der Waals surface area contributed by atoms with Gasteiger partial charge in [-0.2, -0.15) is 0 Å². The molecule has 0 atom stereocenters. The van der Waals surface area contributed by atoms with E-state index >= 15 is 0 Å². The Kier molecular flexibility index (Phi) is 7.19. The lowest BCUT2D eigenvalue weighted by Gasteiger charge is -2.13. The van der Waals surface area contributed by atoms with E-state index in [4.69, 9.17) is 14.2 Å². The van der Waals surface area contributed by atoms with Crippen LogP contribution in [0.4, 0.5) is 4.79 Å². The first-order valence-corrected chi connectivity index (χ1v) is 10.1. The average molecular weight is 442 g/mol. The van der Waals surface area contributed by atoms with Crippen LogP contribution in [0.1, 0.15) is 11.1 Å². The molecule has 0 bridgehead atoms. The van der Waals surface area contributed by atoms with E-state index in [1.54, 1.807) is 43.5 Å². The maximum Gasteiger partial charge on any atom is 0.294 e. The predicted molar refractivity (Wildman–Crippen MR) is 117 cm³/mol. The maximum atomic E-state index is 12.7. The Morgan fingerprint density at radius 3 is 2.42 bits per heavy atom. The monoisotopic (exact) mass is 442 g/mol. The first-order valence-electron chi connectivity index (χ1n) is 9.32. The molecule has 8 nitrogen and oxygen atoms in total. The largest absolute Gasteiger partial charge is 0.497 e. The van der Waals surface area contributed by atoms with Crippen molar-refractivity contribution in [3.63, 3.8) is 0 Å². The van der Waals surface area contributed by atoms with Crippen LogP contribution < -0.4 is 19.5 Å². The van der Waals surface area contributed by atoms with Gasteiger partial charge in [0.1, 0.15) is 12.3 Å². The summed E-state index contributed by atoms with van der Waals surface area (Å²) in [5.74, 6) is 0.715. The molecule has 1 saturated heterocycles. The van der Waals surface area contributed by atoms with E-state index in [1.807, 2.05) is 12.1 Å². The number of methoxy groups -OCH3 is 3. The number of amides is 3. The fourth-order valence-electron chi connectivity index (χ4n) is 2.95. The summed E-state index contributed by atoms with van der Waals surface area (Å²) in [4.78, 5) is 38.4. The number of carbonyl (C=O) groups is 3. The topological polar surface area (TPSA) is 94.2 Å². The van der Waals surface area contributed by atoms with Gasteiger partial charge in [-0.05, 0) is 41.6 Å². The molecule has 3 amide bonds. The van der Waals surface area contributed by atoms with Gasteiger partial charge in [0.2, 0.25) is 5.91 Å². The van der Waals surface area contributed by atoms with Crippen molar-refractivity contribution in [2.75, 3.05) is 27.9 Å². The lowest BCUT2D eigenvalue weighted by molar-refractivity contribution is -0.129. The van der Waals surface area contributed by atoms with Crippen molar-refractivity contribution >= 4 is 34.9 Å². The van der Waals surface area contributed by atoms with Crippen LogP contribution in [0.2, 0.25) is 0 Å². The fourth-order valence-corrected chi connectivity index (χ4v) is 3.78. The number of hydrogen-bond donors (Lipinski definition) is 1. The molecule has 1 aliphatic rings. The number of imide groups is 1. The van der Waals surface area contributed by atoms with Gasteiger partial charge in [-0.15, -0.1) is 0 Å². The van der Waals surface area contributed by atoms with E-state index in [0.717, 1.165) is 22.2 Å². The summed E-state index contributed by atoms with van der Waals surface area (Å²) in [6.07, 6.45) is 1.56. The summed E-state index contributed by atoms with van der Waals surface area (Å²) in [6, 6.07) is 12.5. The number of nitrogens with zero attached hydrogens (tertiary/aromatic N) is 1. The molecule has 0 spiro atoms. The van der Waals surface area contributed by atoms with Crippen LogP contribution >= 0.6 is 11.8 Å². The molecule has 0 unspecified atom stereocenters. The minimum absolute atomic E-state index is 0.208. The van der Waals surface area contributed by atoms with Crippen molar-refractivity contribution in [2.45, 2.75) is 6.54 Å². The number of rotatable bonds is 8. The van der Waals surface area contributed by atoms with Gasteiger partial charge < -0.3 is 19.5 Å². The summed E-state index contributed by atoms with van der Waals surface area (Å²) in [5.41, 5.74) is 1.46. The highest BCUT2D eigenvalue weighted by atomic mass is 32.2. The molecular weight excluding hydrogens is 420 g/mol. The van der Waals surface area contributed by atoms with Crippen LogP contribution in [0, 0.1) is 0 Å². The number of thioether (sulfide) groups is 1.